The smallest absolute Gasteiger partial charge is 0.142 e. The lowest BCUT2D eigenvalue weighted by atomic mass is 9.78. The Morgan fingerprint density at radius 2 is 1.34 bits per heavy atom. The first-order valence-electron chi connectivity index (χ1n) is 12.1. The van der Waals surface area contributed by atoms with Crippen molar-refractivity contribution in [3.8, 4) is 11.8 Å². The molecule has 2 heteroatoms. The van der Waals surface area contributed by atoms with Crippen LogP contribution in [0.15, 0.2) is 12.1 Å². The van der Waals surface area contributed by atoms with Crippen LogP contribution >= 0.6 is 0 Å². The summed E-state index contributed by atoms with van der Waals surface area (Å²) in [6.07, 6.45) is 15.4. The largest absolute Gasteiger partial charge is 0.206 e. The van der Waals surface area contributed by atoms with E-state index in [1.165, 1.54) is 69.9 Å². The number of aryl methyl sites for hydroxylation is 1. The van der Waals surface area contributed by atoms with Crippen LogP contribution in [0, 0.1) is 47.1 Å². The minimum absolute atomic E-state index is 0.0357. The van der Waals surface area contributed by atoms with Crippen LogP contribution in [0.3, 0.4) is 0 Å². The van der Waals surface area contributed by atoms with Crippen LogP contribution in [-0.4, -0.2) is 0 Å². The Morgan fingerprint density at radius 3 is 1.90 bits per heavy atom. The minimum Gasteiger partial charge on any atom is -0.206 e. The van der Waals surface area contributed by atoms with E-state index < -0.39 is 11.6 Å². The fourth-order valence-corrected chi connectivity index (χ4v) is 5.37. The van der Waals surface area contributed by atoms with Gasteiger partial charge in [0.15, 0.2) is 0 Å². The van der Waals surface area contributed by atoms with E-state index in [1.807, 2.05) is 0 Å². The second-order valence-corrected chi connectivity index (χ2v) is 9.54. The van der Waals surface area contributed by atoms with Crippen molar-refractivity contribution >= 4 is 0 Å². The number of rotatable bonds is 6. The lowest BCUT2D eigenvalue weighted by Crippen LogP contribution is -2.15. The molecule has 0 atom stereocenters. The number of halogens is 2. The summed E-state index contributed by atoms with van der Waals surface area (Å²) >= 11 is 0. The molecule has 0 aliphatic heterocycles. The average molecular weight is 401 g/mol. The summed E-state index contributed by atoms with van der Waals surface area (Å²) in [5.74, 6) is 7.73. The summed E-state index contributed by atoms with van der Waals surface area (Å²) in [6, 6.07) is 3.04. The van der Waals surface area contributed by atoms with E-state index in [0.29, 0.717) is 11.8 Å². The topological polar surface area (TPSA) is 0 Å². The molecule has 0 bridgehead atoms. The molecule has 0 amide bonds. The van der Waals surface area contributed by atoms with E-state index in [-0.39, 0.29) is 5.56 Å². The van der Waals surface area contributed by atoms with Gasteiger partial charge in [-0.2, -0.15) is 0 Å². The van der Waals surface area contributed by atoms with Crippen LogP contribution in [-0.2, 0) is 6.42 Å². The van der Waals surface area contributed by atoms with Crippen molar-refractivity contribution in [2.24, 2.45) is 23.7 Å². The molecule has 29 heavy (non-hydrogen) atoms. The normalized spacial score (nSPS) is 27.3. The van der Waals surface area contributed by atoms with Gasteiger partial charge in [-0.15, -0.1) is 0 Å². The van der Waals surface area contributed by atoms with E-state index in [9.17, 15) is 8.78 Å². The molecule has 0 nitrogen and oxygen atoms in total. The van der Waals surface area contributed by atoms with Crippen molar-refractivity contribution in [1.82, 2.24) is 0 Å². The van der Waals surface area contributed by atoms with Crippen molar-refractivity contribution < 1.29 is 8.78 Å². The summed E-state index contributed by atoms with van der Waals surface area (Å²) in [6.45, 7) is 4.50. The second kappa shape index (κ2) is 11.1. The van der Waals surface area contributed by atoms with Gasteiger partial charge >= 0.3 is 0 Å². The maximum absolute atomic E-state index is 14.5. The molecule has 0 N–H and O–H groups in total. The monoisotopic (exact) mass is 400 g/mol. The standard InChI is InChI=1S/C27H38F2/c1-3-5-21-10-12-22(13-11-21)14-15-24-18-26(28)25(27(29)19-24)17-16-23-8-6-20(4-2)7-9-23/h18-23H,3-15H2,1-2H3/t20-,21-,22-,23-. The molecule has 3 rings (SSSR count). The lowest BCUT2D eigenvalue weighted by Gasteiger charge is -2.28. The molecule has 0 aromatic heterocycles. The summed E-state index contributed by atoms with van der Waals surface area (Å²) in [5.41, 5.74) is 0.746. The fraction of sp³-hybridized carbons (Fsp3) is 0.704. The molecule has 1 aromatic carbocycles. The zero-order valence-corrected chi connectivity index (χ0v) is 18.4. The third kappa shape index (κ3) is 6.56. The highest BCUT2D eigenvalue weighted by Gasteiger charge is 2.21. The van der Waals surface area contributed by atoms with Crippen molar-refractivity contribution in [1.29, 1.82) is 0 Å². The van der Waals surface area contributed by atoms with Gasteiger partial charge < -0.3 is 0 Å². The SMILES string of the molecule is CCC[C@H]1CC[C@H](CCc2cc(F)c(C#C[C@H]3CC[C@H](CC)CC3)c(F)c2)CC1. The molecule has 1 aromatic rings. The van der Waals surface area contributed by atoms with Gasteiger partial charge in [0.05, 0.1) is 5.56 Å². The molecule has 0 spiro atoms. The Bertz CT molecular complexity index is 672. The van der Waals surface area contributed by atoms with Gasteiger partial charge in [0, 0.05) is 5.92 Å². The first-order valence-corrected chi connectivity index (χ1v) is 12.1. The maximum Gasteiger partial charge on any atom is 0.142 e. The Morgan fingerprint density at radius 1 is 0.793 bits per heavy atom. The van der Waals surface area contributed by atoms with Gasteiger partial charge in [-0.25, -0.2) is 8.78 Å². The Labute approximate surface area is 176 Å². The van der Waals surface area contributed by atoms with Gasteiger partial charge in [-0.05, 0) is 74.0 Å². The lowest BCUT2D eigenvalue weighted by molar-refractivity contribution is 0.252. The predicted molar refractivity (Wildman–Crippen MR) is 118 cm³/mol. The minimum atomic E-state index is -0.485. The average Bonchev–Trinajstić information content (AvgIpc) is 2.73. The van der Waals surface area contributed by atoms with Crippen LogP contribution in [0.4, 0.5) is 8.78 Å². The van der Waals surface area contributed by atoms with E-state index >= 15 is 0 Å². The zero-order chi connectivity index (χ0) is 20.6. The Kier molecular flexibility index (Phi) is 8.58. The highest BCUT2D eigenvalue weighted by molar-refractivity contribution is 5.39. The molecule has 2 fully saturated rings. The van der Waals surface area contributed by atoms with E-state index in [2.05, 4.69) is 25.7 Å². The summed E-state index contributed by atoms with van der Waals surface area (Å²) in [7, 11) is 0. The molecule has 2 aliphatic rings. The van der Waals surface area contributed by atoms with Crippen molar-refractivity contribution in [3.63, 3.8) is 0 Å². The van der Waals surface area contributed by atoms with Gasteiger partial charge in [-0.1, -0.05) is 70.6 Å². The molecule has 0 radical (unpaired) electrons. The number of hydrogen-bond acceptors (Lipinski definition) is 0. The van der Waals surface area contributed by atoms with E-state index in [1.54, 1.807) is 0 Å². The number of hydrogen-bond donors (Lipinski definition) is 0. The second-order valence-electron chi connectivity index (χ2n) is 9.54. The van der Waals surface area contributed by atoms with Crippen LogP contribution < -0.4 is 0 Å². The summed E-state index contributed by atoms with van der Waals surface area (Å²) < 4.78 is 29.1. The van der Waals surface area contributed by atoms with Crippen molar-refractivity contribution in [3.05, 3.63) is 34.9 Å². The fourth-order valence-electron chi connectivity index (χ4n) is 5.37. The Balaban J connectivity index is 1.53. The third-order valence-corrected chi connectivity index (χ3v) is 7.43. The van der Waals surface area contributed by atoms with Crippen LogP contribution in [0.25, 0.3) is 0 Å². The zero-order valence-electron chi connectivity index (χ0n) is 18.4. The molecule has 2 aliphatic carbocycles. The van der Waals surface area contributed by atoms with Crippen LogP contribution in [0.5, 0.6) is 0 Å². The van der Waals surface area contributed by atoms with Gasteiger partial charge in [0.1, 0.15) is 11.6 Å². The van der Waals surface area contributed by atoms with Crippen LogP contribution in [0.2, 0.25) is 0 Å². The Hall–Kier alpha value is -1.36. The quantitative estimate of drug-likeness (QED) is 0.423. The summed E-state index contributed by atoms with van der Waals surface area (Å²) in [4.78, 5) is 0. The van der Waals surface area contributed by atoms with E-state index in [4.69, 9.17) is 0 Å². The molecule has 2 saturated carbocycles. The molecule has 160 valence electrons. The molecule has 0 saturated heterocycles. The van der Waals surface area contributed by atoms with Crippen LogP contribution in [0.1, 0.15) is 102 Å². The highest BCUT2D eigenvalue weighted by Crippen LogP contribution is 2.34. The first-order chi connectivity index (χ1) is 14.1. The van der Waals surface area contributed by atoms with Gasteiger partial charge in [0.2, 0.25) is 0 Å². The number of benzene rings is 1. The molecule has 0 unspecified atom stereocenters. The molecule has 0 heterocycles. The third-order valence-electron chi connectivity index (χ3n) is 7.43. The molecular formula is C27H38F2. The molecular weight excluding hydrogens is 362 g/mol. The first kappa shape index (κ1) is 22.3. The van der Waals surface area contributed by atoms with Gasteiger partial charge in [-0.3, -0.25) is 0 Å². The van der Waals surface area contributed by atoms with Crippen molar-refractivity contribution in [2.75, 3.05) is 0 Å². The predicted octanol–water partition coefficient (Wildman–Crippen LogP) is 8.07. The maximum atomic E-state index is 14.5. The highest BCUT2D eigenvalue weighted by atomic mass is 19.1. The van der Waals surface area contributed by atoms with Crippen molar-refractivity contribution in [2.45, 2.75) is 97.3 Å². The summed E-state index contributed by atoms with van der Waals surface area (Å²) in [5, 5.41) is 0. The van der Waals surface area contributed by atoms with E-state index in [0.717, 1.165) is 43.1 Å². The van der Waals surface area contributed by atoms with Gasteiger partial charge in [0.25, 0.3) is 0 Å².